The molecule has 14 heavy (non-hydrogen) atoms. The zero-order valence-corrected chi connectivity index (χ0v) is 9.28. The van der Waals surface area contributed by atoms with Gasteiger partial charge in [0.25, 0.3) is 0 Å². The number of benzene rings is 1. The third-order valence-electron chi connectivity index (χ3n) is 1.92. The van der Waals surface area contributed by atoms with Crippen molar-refractivity contribution in [2.45, 2.75) is 39.4 Å². The van der Waals surface area contributed by atoms with Crippen LogP contribution in [0.2, 0.25) is 0 Å². The molecule has 1 rings (SSSR count). The van der Waals surface area contributed by atoms with Gasteiger partial charge in [0, 0.05) is 0 Å². The van der Waals surface area contributed by atoms with E-state index < -0.39 is 5.60 Å². The number of rotatable bonds is 4. The summed E-state index contributed by atoms with van der Waals surface area (Å²) in [6, 6.07) is 10.0. The second-order valence-corrected chi connectivity index (χ2v) is 4.10. The predicted molar refractivity (Wildman–Crippen MR) is 56.8 cm³/mol. The largest absolute Gasteiger partial charge is 0.233 e. The molecule has 0 saturated carbocycles. The highest BCUT2D eigenvalue weighted by Gasteiger charge is 2.22. The van der Waals surface area contributed by atoms with E-state index in [9.17, 15) is 0 Å². The zero-order chi connectivity index (χ0) is 10.6. The predicted octanol–water partition coefficient (Wildman–Crippen LogP) is 3.28. The second kappa shape index (κ2) is 4.58. The van der Waals surface area contributed by atoms with Crippen LogP contribution in [0.5, 0.6) is 0 Å². The van der Waals surface area contributed by atoms with Crippen LogP contribution < -0.4 is 0 Å². The summed E-state index contributed by atoms with van der Waals surface area (Å²) in [4.78, 5) is 10.5. The van der Waals surface area contributed by atoms with Crippen molar-refractivity contribution in [1.82, 2.24) is 0 Å². The Morgan fingerprint density at radius 3 is 2.14 bits per heavy atom. The molecule has 0 aliphatic rings. The first-order chi connectivity index (χ1) is 6.52. The van der Waals surface area contributed by atoms with Crippen molar-refractivity contribution < 1.29 is 9.78 Å². The molecule has 0 heterocycles. The molecular formula is C12H18O2. The maximum Gasteiger partial charge on any atom is 0.123 e. The summed E-state index contributed by atoms with van der Waals surface area (Å²) in [6.07, 6.45) is 0.0815. The van der Waals surface area contributed by atoms with Crippen molar-refractivity contribution in [3.8, 4) is 0 Å². The van der Waals surface area contributed by atoms with Crippen LogP contribution in [0.1, 0.15) is 33.3 Å². The van der Waals surface area contributed by atoms with Gasteiger partial charge in [-0.2, -0.15) is 0 Å². The third kappa shape index (κ3) is 3.13. The fourth-order valence-electron chi connectivity index (χ4n) is 1.10. The molecular weight excluding hydrogens is 176 g/mol. The Hall–Kier alpha value is -0.860. The molecule has 0 radical (unpaired) electrons. The van der Waals surface area contributed by atoms with Gasteiger partial charge in [0.1, 0.15) is 5.60 Å². The van der Waals surface area contributed by atoms with Gasteiger partial charge in [0.05, 0.1) is 6.10 Å². The Balaban J connectivity index is 2.66. The van der Waals surface area contributed by atoms with E-state index in [0.29, 0.717) is 0 Å². The van der Waals surface area contributed by atoms with E-state index in [1.165, 1.54) is 0 Å². The van der Waals surface area contributed by atoms with Crippen LogP contribution in [0.3, 0.4) is 0 Å². The van der Waals surface area contributed by atoms with Crippen LogP contribution in [0, 0.1) is 0 Å². The molecule has 0 spiro atoms. The molecule has 0 amide bonds. The van der Waals surface area contributed by atoms with E-state index in [4.69, 9.17) is 9.78 Å². The summed E-state index contributed by atoms with van der Waals surface area (Å²) in [5.74, 6) is 0. The summed E-state index contributed by atoms with van der Waals surface area (Å²) >= 11 is 0. The molecule has 2 nitrogen and oxygen atoms in total. The van der Waals surface area contributed by atoms with Crippen molar-refractivity contribution in [3.63, 3.8) is 0 Å². The van der Waals surface area contributed by atoms with Crippen molar-refractivity contribution >= 4 is 0 Å². The fourth-order valence-corrected chi connectivity index (χ4v) is 1.10. The first-order valence-electron chi connectivity index (χ1n) is 4.92. The Labute approximate surface area is 85.8 Å². The minimum Gasteiger partial charge on any atom is -0.233 e. The maximum atomic E-state index is 5.38. The molecule has 0 saturated heterocycles. The number of hydrogen-bond acceptors (Lipinski definition) is 2. The van der Waals surface area contributed by atoms with E-state index in [0.717, 1.165) is 5.56 Å². The molecule has 0 N–H and O–H groups in total. The van der Waals surface area contributed by atoms with E-state index in [-0.39, 0.29) is 6.10 Å². The quantitative estimate of drug-likeness (QED) is 0.541. The second-order valence-electron chi connectivity index (χ2n) is 4.10. The number of hydrogen-bond donors (Lipinski definition) is 0. The summed E-state index contributed by atoms with van der Waals surface area (Å²) in [5, 5.41) is 0. The molecule has 0 aliphatic carbocycles. The molecule has 0 unspecified atom stereocenters. The van der Waals surface area contributed by atoms with Crippen LogP contribution in [-0.4, -0.2) is 6.10 Å². The molecule has 0 fully saturated rings. The molecule has 0 aromatic heterocycles. The van der Waals surface area contributed by atoms with E-state index in [1.54, 1.807) is 0 Å². The molecule has 0 aliphatic heterocycles. The summed E-state index contributed by atoms with van der Waals surface area (Å²) in [6.45, 7) is 7.87. The lowest BCUT2D eigenvalue weighted by Crippen LogP contribution is -2.23. The van der Waals surface area contributed by atoms with Crippen molar-refractivity contribution in [2.24, 2.45) is 0 Å². The highest BCUT2D eigenvalue weighted by molar-refractivity contribution is 5.20. The van der Waals surface area contributed by atoms with Gasteiger partial charge in [-0.3, -0.25) is 0 Å². The summed E-state index contributed by atoms with van der Waals surface area (Å²) in [7, 11) is 0. The van der Waals surface area contributed by atoms with Gasteiger partial charge in [0.15, 0.2) is 0 Å². The molecule has 1 aromatic rings. The van der Waals surface area contributed by atoms with Gasteiger partial charge in [-0.15, -0.1) is 0 Å². The minimum absolute atomic E-state index is 0.0815. The van der Waals surface area contributed by atoms with Crippen LogP contribution in [0.4, 0.5) is 0 Å². The van der Waals surface area contributed by atoms with Gasteiger partial charge in [-0.1, -0.05) is 30.3 Å². The minimum atomic E-state index is -0.397. The first kappa shape index (κ1) is 11.2. The van der Waals surface area contributed by atoms with Crippen LogP contribution in [0.25, 0.3) is 0 Å². The van der Waals surface area contributed by atoms with Gasteiger partial charge >= 0.3 is 0 Å². The average Bonchev–Trinajstić information content (AvgIpc) is 2.16. The topological polar surface area (TPSA) is 18.5 Å². The van der Waals surface area contributed by atoms with E-state index in [1.807, 2.05) is 58.0 Å². The van der Waals surface area contributed by atoms with Crippen molar-refractivity contribution in [2.75, 3.05) is 0 Å². The van der Waals surface area contributed by atoms with E-state index >= 15 is 0 Å². The third-order valence-corrected chi connectivity index (χ3v) is 1.92. The van der Waals surface area contributed by atoms with Crippen molar-refractivity contribution in [1.29, 1.82) is 0 Å². The Kier molecular flexibility index (Phi) is 3.67. The molecule has 2 heteroatoms. The Morgan fingerprint density at radius 1 is 1.07 bits per heavy atom. The standard InChI is InChI=1S/C12H18O2/c1-10(2)13-14-12(3,4)11-8-6-5-7-9-11/h5-10H,1-4H3. The lowest BCUT2D eigenvalue weighted by Gasteiger charge is -2.25. The van der Waals surface area contributed by atoms with Crippen LogP contribution in [0.15, 0.2) is 30.3 Å². The van der Waals surface area contributed by atoms with Crippen molar-refractivity contribution in [3.05, 3.63) is 35.9 Å². The highest BCUT2D eigenvalue weighted by atomic mass is 17.2. The normalized spacial score (nSPS) is 12.1. The van der Waals surface area contributed by atoms with Gasteiger partial charge in [-0.05, 0) is 33.3 Å². The summed E-state index contributed by atoms with van der Waals surface area (Å²) < 4.78 is 0. The Bertz CT molecular complexity index is 265. The van der Waals surface area contributed by atoms with Gasteiger partial charge in [-0.25, -0.2) is 9.78 Å². The molecule has 78 valence electrons. The highest BCUT2D eigenvalue weighted by Crippen LogP contribution is 2.24. The lowest BCUT2D eigenvalue weighted by molar-refractivity contribution is -0.376. The summed E-state index contributed by atoms with van der Waals surface area (Å²) in [5.41, 5.74) is 0.714. The first-order valence-corrected chi connectivity index (χ1v) is 4.92. The molecule has 1 aromatic carbocycles. The van der Waals surface area contributed by atoms with Crippen LogP contribution in [-0.2, 0) is 15.4 Å². The Morgan fingerprint density at radius 2 is 1.64 bits per heavy atom. The smallest absolute Gasteiger partial charge is 0.123 e. The zero-order valence-electron chi connectivity index (χ0n) is 9.28. The monoisotopic (exact) mass is 194 g/mol. The van der Waals surface area contributed by atoms with E-state index in [2.05, 4.69) is 0 Å². The van der Waals surface area contributed by atoms with Gasteiger partial charge < -0.3 is 0 Å². The van der Waals surface area contributed by atoms with Crippen LogP contribution >= 0.6 is 0 Å². The molecule has 0 bridgehead atoms. The van der Waals surface area contributed by atoms with Gasteiger partial charge in [0.2, 0.25) is 0 Å². The fraction of sp³-hybridized carbons (Fsp3) is 0.500. The maximum absolute atomic E-state index is 5.38. The lowest BCUT2D eigenvalue weighted by atomic mass is 9.99. The SMILES string of the molecule is CC(C)OOC(C)(C)c1ccccc1. The average molecular weight is 194 g/mol. The molecule has 0 atom stereocenters.